The fourth-order valence-corrected chi connectivity index (χ4v) is 7.61. The summed E-state index contributed by atoms with van der Waals surface area (Å²) in [5.74, 6) is 0.790. The largest absolute Gasteiger partial charge is 0.493 e. The molecule has 262 valence electrons. The number of carbonyl (C=O) groups is 2. The quantitative estimate of drug-likeness (QED) is 0.114. The molecule has 0 aliphatic carbocycles. The van der Waals surface area contributed by atoms with Crippen LogP contribution in [0.2, 0.25) is 15.1 Å². The Balaban J connectivity index is 1.26. The summed E-state index contributed by atoms with van der Waals surface area (Å²) in [6.07, 6.45) is 4.26. The predicted octanol–water partition coefficient (Wildman–Crippen LogP) is 7.87. The van der Waals surface area contributed by atoms with Gasteiger partial charge in [0.25, 0.3) is 0 Å². The van der Waals surface area contributed by atoms with Crippen LogP contribution in [-0.4, -0.2) is 56.9 Å². The number of fused-ring (bicyclic) bond motifs is 3. The smallest absolute Gasteiger partial charge is 0.414 e. The number of aromatic nitrogens is 1. The van der Waals surface area contributed by atoms with Crippen molar-refractivity contribution in [2.75, 3.05) is 38.8 Å². The second-order valence-electron chi connectivity index (χ2n) is 12.6. The molecule has 1 amide bonds. The highest BCUT2D eigenvalue weighted by Crippen LogP contribution is 2.36. The van der Waals surface area contributed by atoms with Crippen molar-refractivity contribution >= 4 is 52.6 Å². The van der Waals surface area contributed by atoms with Crippen molar-refractivity contribution < 1.29 is 33.1 Å². The van der Waals surface area contributed by atoms with Crippen molar-refractivity contribution in [2.45, 2.75) is 38.0 Å². The lowest BCUT2D eigenvalue weighted by molar-refractivity contribution is -0.671. The van der Waals surface area contributed by atoms with E-state index in [2.05, 4.69) is 4.90 Å². The van der Waals surface area contributed by atoms with E-state index in [1.807, 2.05) is 31.3 Å². The number of piperidine rings is 3. The summed E-state index contributed by atoms with van der Waals surface area (Å²) >= 11 is 19.8. The molecule has 0 N–H and O–H groups in total. The maximum Gasteiger partial charge on any atom is 0.414 e. The number of para-hydroxylation sites is 1. The third kappa shape index (κ3) is 8.13. The Hall–Kier alpha value is -4.02. The van der Waals surface area contributed by atoms with E-state index in [1.54, 1.807) is 66.5 Å². The van der Waals surface area contributed by atoms with E-state index in [0.717, 1.165) is 32.5 Å². The first-order valence-corrected chi connectivity index (χ1v) is 17.6. The van der Waals surface area contributed by atoms with Crippen molar-refractivity contribution in [3.05, 3.63) is 116 Å². The highest BCUT2D eigenvalue weighted by atomic mass is 35.5. The first-order chi connectivity index (χ1) is 24.1. The molecule has 2 unspecified atom stereocenters. The fraction of sp³-hybridized carbons (Fsp3) is 0.342. The molecule has 3 fully saturated rings. The Labute approximate surface area is 307 Å². The van der Waals surface area contributed by atoms with Crippen LogP contribution >= 0.6 is 34.8 Å². The monoisotopic (exact) mass is 738 g/mol. The second-order valence-corrected chi connectivity index (χ2v) is 13.8. The van der Waals surface area contributed by atoms with Gasteiger partial charge in [-0.1, -0.05) is 65.1 Å². The van der Waals surface area contributed by atoms with Crippen molar-refractivity contribution in [3.8, 4) is 11.5 Å². The maximum atomic E-state index is 13.9. The summed E-state index contributed by atoms with van der Waals surface area (Å²) in [7, 11) is 4.92. The summed E-state index contributed by atoms with van der Waals surface area (Å²) in [5, 5.41) is 1.29. The number of carbonyl (C=O) groups excluding carboxylic acids is 2. The Morgan fingerprint density at radius 1 is 0.900 bits per heavy atom. The van der Waals surface area contributed by atoms with E-state index in [1.165, 1.54) is 12.0 Å². The minimum Gasteiger partial charge on any atom is -0.493 e. The normalized spacial score (nSPS) is 18.6. The summed E-state index contributed by atoms with van der Waals surface area (Å²) in [6, 6.07) is 19.5. The first-order valence-electron chi connectivity index (χ1n) is 16.4. The molecule has 0 radical (unpaired) electrons. The van der Waals surface area contributed by atoms with Crippen LogP contribution in [0, 0.1) is 5.92 Å². The van der Waals surface area contributed by atoms with E-state index in [-0.39, 0.29) is 19.1 Å². The van der Waals surface area contributed by atoms with E-state index >= 15 is 0 Å². The number of methoxy groups -OCH3 is 2. The molecule has 2 bridgehead atoms. The Morgan fingerprint density at radius 2 is 1.62 bits per heavy atom. The second kappa shape index (κ2) is 15.9. The van der Waals surface area contributed by atoms with Gasteiger partial charge in [-0.25, -0.2) is 14.2 Å². The number of benzene rings is 3. The first kappa shape index (κ1) is 35.8. The zero-order chi connectivity index (χ0) is 35.4. The van der Waals surface area contributed by atoms with Crippen LogP contribution in [0.25, 0.3) is 0 Å². The number of rotatable bonds is 11. The minimum atomic E-state index is -0.787. The molecule has 2 atom stereocenters. The number of hydrogen-bond acceptors (Lipinski definition) is 7. The number of nitrogens with zero attached hydrogens (tertiary/aromatic N) is 3. The number of halogens is 3. The third-order valence-electron chi connectivity index (χ3n) is 9.34. The predicted molar refractivity (Wildman–Crippen MR) is 193 cm³/mol. The zero-order valence-electron chi connectivity index (χ0n) is 28.1. The van der Waals surface area contributed by atoms with Crippen LogP contribution in [0.5, 0.6) is 11.5 Å². The average Bonchev–Trinajstić information content (AvgIpc) is 3.12. The average molecular weight is 740 g/mol. The topological polar surface area (TPSA) is 81.4 Å². The van der Waals surface area contributed by atoms with Gasteiger partial charge in [-0.2, -0.15) is 0 Å². The zero-order valence-corrected chi connectivity index (χ0v) is 30.4. The Morgan fingerprint density at radius 3 is 2.28 bits per heavy atom. The molecule has 3 aromatic carbocycles. The fourth-order valence-electron chi connectivity index (χ4n) is 6.66. The number of ether oxygens (including phenoxy) is 4. The van der Waals surface area contributed by atoms with E-state index < -0.39 is 18.2 Å². The van der Waals surface area contributed by atoms with Crippen LogP contribution in [0.1, 0.15) is 46.0 Å². The molecule has 1 aromatic heterocycles. The molecular weight excluding hydrogens is 701 g/mol. The van der Waals surface area contributed by atoms with E-state index in [4.69, 9.17) is 53.8 Å². The summed E-state index contributed by atoms with van der Waals surface area (Å²) in [5.41, 5.74) is 2.80. The molecular formula is C38H39Cl3N3O6+. The molecule has 3 aliphatic rings. The molecule has 9 nitrogen and oxygen atoms in total. The van der Waals surface area contributed by atoms with Crippen LogP contribution in [0.4, 0.5) is 10.5 Å². The van der Waals surface area contributed by atoms with Gasteiger partial charge in [0.1, 0.15) is 29.3 Å². The molecule has 12 heteroatoms. The molecule has 0 saturated carbocycles. The number of anilines is 1. The van der Waals surface area contributed by atoms with Crippen LogP contribution in [0.15, 0.2) is 79.1 Å². The summed E-state index contributed by atoms with van der Waals surface area (Å²) < 4.78 is 25.0. The molecule has 3 saturated heterocycles. The maximum absolute atomic E-state index is 13.9. The number of hydrogen-bond donors (Lipinski definition) is 0. The Bertz CT molecular complexity index is 1840. The SMILES string of the molecule is COc1ccc(C(Cc2c(Cl)c[n+](C)cc2Cl)OC(=O)c2cccc(CN(C(=O)OC3CN4CCC3CC4)c3ccccc3Cl)c2)cc1OC. The third-order valence-corrected chi connectivity index (χ3v) is 10.3. The number of pyridine rings is 1. The molecule has 4 aromatic rings. The lowest BCUT2D eigenvalue weighted by atomic mass is 9.86. The summed E-state index contributed by atoms with van der Waals surface area (Å²) in [4.78, 5) is 31.5. The van der Waals surface area contributed by atoms with Gasteiger partial charge in [-0.05, 0) is 79.4 Å². The molecule has 4 heterocycles. The van der Waals surface area contributed by atoms with Crippen molar-refractivity contribution in [1.29, 1.82) is 0 Å². The van der Waals surface area contributed by atoms with Crippen LogP contribution in [0.3, 0.4) is 0 Å². The van der Waals surface area contributed by atoms with Gasteiger partial charge in [0, 0.05) is 18.5 Å². The van der Waals surface area contributed by atoms with Crippen molar-refractivity contribution in [1.82, 2.24) is 4.90 Å². The highest BCUT2D eigenvalue weighted by Gasteiger charge is 2.37. The van der Waals surface area contributed by atoms with Gasteiger partial charge < -0.3 is 18.9 Å². The lowest BCUT2D eigenvalue weighted by Crippen LogP contribution is -2.53. The van der Waals surface area contributed by atoms with Gasteiger partial charge >= 0.3 is 12.1 Å². The van der Waals surface area contributed by atoms with Gasteiger partial charge in [0.2, 0.25) is 0 Å². The molecule has 3 aliphatic heterocycles. The van der Waals surface area contributed by atoms with E-state index in [9.17, 15) is 9.59 Å². The lowest BCUT2D eigenvalue weighted by Gasteiger charge is -2.44. The Kier molecular flexibility index (Phi) is 11.4. The standard InChI is InChI=1S/C38H39Cl3N3O6/c1-42-21-30(40)28(31(41)22-42)19-34(26-11-12-33(47-2)35(18-26)48-3)49-37(45)27-8-6-7-24(17-27)20-44(32-10-5-4-9-29(32)39)38(46)50-36-23-43-15-13-25(36)14-16-43/h4-12,17-18,21-22,25,34,36H,13-16,19-20,23H2,1-3H3/q+1. The molecule has 0 spiro atoms. The van der Waals surface area contributed by atoms with Gasteiger partial charge in [-0.3, -0.25) is 9.80 Å². The summed E-state index contributed by atoms with van der Waals surface area (Å²) in [6.45, 7) is 2.92. The molecule has 50 heavy (non-hydrogen) atoms. The van der Waals surface area contributed by atoms with Crippen molar-refractivity contribution in [2.24, 2.45) is 13.0 Å². The highest BCUT2D eigenvalue weighted by molar-refractivity contribution is 6.35. The van der Waals surface area contributed by atoms with Gasteiger partial charge in [0.05, 0.1) is 37.0 Å². The number of amides is 1. The van der Waals surface area contributed by atoms with Crippen molar-refractivity contribution in [3.63, 3.8) is 0 Å². The number of aryl methyl sites for hydroxylation is 1. The van der Waals surface area contributed by atoms with Gasteiger partial charge in [-0.15, -0.1) is 0 Å². The number of esters is 1. The minimum absolute atomic E-state index is 0.121. The van der Waals surface area contributed by atoms with E-state index in [0.29, 0.717) is 60.4 Å². The van der Waals surface area contributed by atoms with Crippen LogP contribution < -0.4 is 18.9 Å². The van der Waals surface area contributed by atoms with Gasteiger partial charge in [0.15, 0.2) is 23.9 Å². The molecule has 7 rings (SSSR count). The van der Waals surface area contributed by atoms with Crippen LogP contribution in [-0.2, 0) is 29.5 Å².